The first-order valence-electron chi connectivity index (χ1n) is 5.82. The summed E-state index contributed by atoms with van der Waals surface area (Å²) in [7, 11) is 1.90. The van der Waals surface area contributed by atoms with Gasteiger partial charge >= 0.3 is 0 Å². The van der Waals surface area contributed by atoms with Crippen molar-refractivity contribution in [1.29, 1.82) is 0 Å². The Bertz CT molecular complexity index is 499. The van der Waals surface area contributed by atoms with Crippen molar-refractivity contribution in [2.75, 3.05) is 18.1 Å². The topological polar surface area (TPSA) is 55.6 Å². The van der Waals surface area contributed by atoms with Crippen molar-refractivity contribution in [2.45, 2.75) is 12.7 Å². The zero-order valence-electron chi connectivity index (χ0n) is 10.8. The molecule has 0 saturated carbocycles. The van der Waals surface area contributed by atoms with Crippen LogP contribution in [0.4, 0.5) is 5.82 Å². The van der Waals surface area contributed by atoms with Crippen LogP contribution in [-0.4, -0.2) is 32.5 Å². The zero-order valence-corrected chi connectivity index (χ0v) is 11.7. The Morgan fingerprint density at radius 2 is 2.22 bits per heavy atom. The molecule has 0 aliphatic rings. The molecule has 2 rings (SSSR count). The molecule has 2 aromatic rings. The molecule has 0 unspecified atom stereocenters. The second kappa shape index (κ2) is 5.86. The predicted molar refractivity (Wildman–Crippen MR) is 75.6 cm³/mol. The van der Waals surface area contributed by atoms with E-state index in [9.17, 15) is 0 Å². The van der Waals surface area contributed by atoms with Gasteiger partial charge in [0.1, 0.15) is 11.6 Å². The second-order valence-corrected chi connectivity index (χ2v) is 4.79. The van der Waals surface area contributed by atoms with E-state index >= 15 is 0 Å². The van der Waals surface area contributed by atoms with E-state index in [2.05, 4.69) is 27.3 Å². The Morgan fingerprint density at radius 3 is 2.83 bits per heavy atom. The van der Waals surface area contributed by atoms with Crippen molar-refractivity contribution >= 4 is 17.6 Å². The molecule has 96 valence electrons. The smallest absolute Gasteiger partial charge is 0.141 e. The fraction of sp³-hybridized carbons (Fsp3) is 0.417. The van der Waals surface area contributed by atoms with Crippen LogP contribution in [0.15, 0.2) is 18.5 Å². The highest BCUT2D eigenvalue weighted by Gasteiger charge is 2.07. The monoisotopic (exact) mass is 263 g/mol. The van der Waals surface area contributed by atoms with E-state index in [-0.39, 0.29) is 0 Å². The summed E-state index contributed by atoms with van der Waals surface area (Å²) in [6.45, 7) is 2.91. The second-order valence-electron chi connectivity index (χ2n) is 3.92. The standard InChI is InChI=1S/C12H17N5S/c1-4-13-11-5-10(9-6-14-17(2)7-9)15-12(16-11)8-18-3/h5-7H,4,8H2,1-3H3,(H,13,15,16). The number of nitrogens with one attached hydrogen (secondary N) is 1. The van der Waals surface area contributed by atoms with Crippen LogP contribution in [0, 0.1) is 0 Å². The number of thioether (sulfide) groups is 1. The maximum absolute atomic E-state index is 4.56. The first-order valence-corrected chi connectivity index (χ1v) is 7.22. The van der Waals surface area contributed by atoms with Crippen LogP contribution in [0.2, 0.25) is 0 Å². The third-order valence-electron chi connectivity index (χ3n) is 2.40. The van der Waals surface area contributed by atoms with Crippen LogP contribution in [0.3, 0.4) is 0 Å². The molecular weight excluding hydrogens is 246 g/mol. The zero-order chi connectivity index (χ0) is 13.0. The molecule has 6 heteroatoms. The van der Waals surface area contributed by atoms with Gasteiger partial charge in [-0.05, 0) is 13.2 Å². The Labute approximate surface area is 111 Å². The number of hydrogen-bond donors (Lipinski definition) is 1. The minimum Gasteiger partial charge on any atom is -0.370 e. The summed E-state index contributed by atoms with van der Waals surface area (Å²) in [6, 6.07) is 1.96. The summed E-state index contributed by atoms with van der Waals surface area (Å²) in [4.78, 5) is 9.04. The summed E-state index contributed by atoms with van der Waals surface area (Å²) in [5.74, 6) is 2.53. The van der Waals surface area contributed by atoms with Gasteiger partial charge in [-0.15, -0.1) is 0 Å². The third kappa shape index (κ3) is 3.01. The maximum Gasteiger partial charge on any atom is 0.141 e. The number of rotatable bonds is 5. The number of aromatic nitrogens is 4. The van der Waals surface area contributed by atoms with Gasteiger partial charge in [0.15, 0.2) is 0 Å². The SMILES string of the molecule is CCNc1cc(-c2cnn(C)c2)nc(CSC)n1. The van der Waals surface area contributed by atoms with Crippen molar-refractivity contribution < 1.29 is 0 Å². The van der Waals surface area contributed by atoms with Crippen LogP contribution in [-0.2, 0) is 12.8 Å². The highest BCUT2D eigenvalue weighted by molar-refractivity contribution is 7.97. The van der Waals surface area contributed by atoms with Crippen molar-refractivity contribution in [2.24, 2.45) is 7.05 Å². The highest BCUT2D eigenvalue weighted by atomic mass is 32.2. The largest absolute Gasteiger partial charge is 0.370 e. The van der Waals surface area contributed by atoms with Gasteiger partial charge in [0.2, 0.25) is 0 Å². The molecule has 0 radical (unpaired) electrons. The lowest BCUT2D eigenvalue weighted by atomic mass is 10.2. The summed E-state index contributed by atoms with van der Waals surface area (Å²) in [5, 5.41) is 7.41. The van der Waals surface area contributed by atoms with E-state index in [1.165, 1.54) is 0 Å². The number of anilines is 1. The fourth-order valence-corrected chi connectivity index (χ4v) is 2.05. The molecule has 2 aromatic heterocycles. The summed E-state index contributed by atoms with van der Waals surface area (Å²) in [6.07, 6.45) is 5.83. The molecule has 0 atom stereocenters. The van der Waals surface area contributed by atoms with Gasteiger partial charge in [-0.3, -0.25) is 4.68 Å². The Morgan fingerprint density at radius 1 is 1.39 bits per heavy atom. The van der Waals surface area contributed by atoms with Gasteiger partial charge < -0.3 is 5.32 Å². The molecule has 0 fully saturated rings. The van der Waals surface area contributed by atoms with Gasteiger partial charge in [-0.2, -0.15) is 16.9 Å². The first kappa shape index (κ1) is 12.9. The van der Waals surface area contributed by atoms with Crippen LogP contribution in [0.1, 0.15) is 12.7 Å². The van der Waals surface area contributed by atoms with Gasteiger partial charge in [0.25, 0.3) is 0 Å². The van der Waals surface area contributed by atoms with E-state index in [1.807, 2.05) is 31.8 Å². The molecule has 5 nitrogen and oxygen atoms in total. The Kier molecular flexibility index (Phi) is 4.19. The molecule has 0 aromatic carbocycles. The van der Waals surface area contributed by atoms with Crippen molar-refractivity contribution in [3.05, 3.63) is 24.3 Å². The van der Waals surface area contributed by atoms with E-state index in [4.69, 9.17) is 0 Å². The van der Waals surface area contributed by atoms with Crippen LogP contribution < -0.4 is 5.32 Å². The average molecular weight is 263 g/mol. The molecule has 0 spiro atoms. The van der Waals surface area contributed by atoms with Crippen molar-refractivity contribution in [1.82, 2.24) is 19.7 Å². The fourth-order valence-electron chi connectivity index (χ4n) is 1.66. The van der Waals surface area contributed by atoms with Crippen molar-refractivity contribution in [3.63, 3.8) is 0 Å². The quantitative estimate of drug-likeness (QED) is 0.896. The molecule has 0 aliphatic heterocycles. The van der Waals surface area contributed by atoms with Gasteiger partial charge in [-0.25, -0.2) is 9.97 Å². The number of nitrogens with zero attached hydrogens (tertiary/aromatic N) is 4. The first-order chi connectivity index (χ1) is 8.72. The third-order valence-corrected chi connectivity index (χ3v) is 2.95. The molecule has 0 aliphatic carbocycles. The van der Waals surface area contributed by atoms with Gasteiger partial charge in [-0.1, -0.05) is 0 Å². The normalized spacial score (nSPS) is 10.6. The summed E-state index contributed by atoms with van der Waals surface area (Å²) >= 11 is 1.72. The Balaban J connectivity index is 2.39. The van der Waals surface area contributed by atoms with E-state index in [0.29, 0.717) is 0 Å². The van der Waals surface area contributed by atoms with E-state index in [1.54, 1.807) is 16.4 Å². The van der Waals surface area contributed by atoms with Gasteiger partial charge in [0.05, 0.1) is 17.6 Å². The lowest BCUT2D eigenvalue weighted by Crippen LogP contribution is -2.04. The highest BCUT2D eigenvalue weighted by Crippen LogP contribution is 2.20. The van der Waals surface area contributed by atoms with Gasteiger partial charge in [0, 0.05) is 31.4 Å². The molecule has 18 heavy (non-hydrogen) atoms. The molecule has 0 saturated heterocycles. The lowest BCUT2D eigenvalue weighted by Gasteiger charge is -2.07. The summed E-state index contributed by atoms with van der Waals surface area (Å²) in [5.41, 5.74) is 1.93. The van der Waals surface area contributed by atoms with E-state index in [0.717, 1.165) is 35.2 Å². The molecule has 0 amide bonds. The Hall–Kier alpha value is -1.56. The number of hydrogen-bond acceptors (Lipinski definition) is 5. The lowest BCUT2D eigenvalue weighted by molar-refractivity contribution is 0.768. The van der Waals surface area contributed by atoms with E-state index < -0.39 is 0 Å². The molecular formula is C12H17N5S. The van der Waals surface area contributed by atoms with Crippen LogP contribution >= 0.6 is 11.8 Å². The average Bonchev–Trinajstić information content (AvgIpc) is 2.76. The molecule has 1 N–H and O–H groups in total. The number of aryl methyl sites for hydroxylation is 1. The van der Waals surface area contributed by atoms with Crippen molar-refractivity contribution in [3.8, 4) is 11.3 Å². The summed E-state index contributed by atoms with van der Waals surface area (Å²) < 4.78 is 1.78. The van der Waals surface area contributed by atoms with Crippen LogP contribution in [0.5, 0.6) is 0 Å². The molecule has 0 bridgehead atoms. The molecule has 2 heterocycles. The van der Waals surface area contributed by atoms with Crippen LogP contribution in [0.25, 0.3) is 11.3 Å². The minimum atomic E-state index is 0.812. The maximum atomic E-state index is 4.56. The minimum absolute atomic E-state index is 0.812. The predicted octanol–water partition coefficient (Wildman–Crippen LogP) is 2.17.